The van der Waals surface area contributed by atoms with Crippen molar-refractivity contribution in [2.24, 2.45) is 5.73 Å². The van der Waals surface area contributed by atoms with Crippen molar-refractivity contribution in [2.75, 3.05) is 26.9 Å². The predicted molar refractivity (Wildman–Crippen MR) is 54.4 cm³/mol. The first-order valence-corrected chi connectivity index (χ1v) is 5.26. The van der Waals surface area contributed by atoms with Gasteiger partial charge in [0.05, 0.1) is 13.2 Å². The lowest BCUT2D eigenvalue weighted by Crippen LogP contribution is -2.33. The molecule has 88 valence electrons. The van der Waals surface area contributed by atoms with Crippen LogP contribution < -0.4 is 5.73 Å². The van der Waals surface area contributed by atoms with Crippen LogP contribution >= 0.6 is 0 Å². The Morgan fingerprint density at radius 2 is 2.20 bits per heavy atom. The molecule has 0 aromatic heterocycles. The SMILES string of the molecule is COC(=O)C(N)CCOC1CCOCC1. The standard InChI is InChI=1S/C10H19NO4/c1-13-10(12)9(11)4-7-15-8-2-5-14-6-3-8/h8-9H,2-7,11H2,1H3. The number of methoxy groups -OCH3 is 1. The number of carbonyl (C=O) groups excluding carboxylic acids is 1. The van der Waals surface area contributed by atoms with E-state index in [0.29, 0.717) is 13.0 Å². The molecular weight excluding hydrogens is 198 g/mol. The minimum absolute atomic E-state index is 0.253. The highest BCUT2D eigenvalue weighted by Crippen LogP contribution is 2.10. The van der Waals surface area contributed by atoms with E-state index in [9.17, 15) is 4.79 Å². The molecule has 0 bridgehead atoms. The summed E-state index contributed by atoms with van der Waals surface area (Å²) in [6.45, 7) is 2.02. The predicted octanol–water partition coefficient (Wildman–Crippen LogP) is 0.0724. The van der Waals surface area contributed by atoms with Crippen LogP contribution in [0.25, 0.3) is 0 Å². The van der Waals surface area contributed by atoms with Gasteiger partial charge in [-0.2, -0.15) is 0 Å². The van der Waals surface area contributed by atoms with Crippen molar-refractivity contribution in [1.29, 1.82) is 0 Å². The number of hydrogen-bond donors (Lipinski definition) is 1. The fraction of sp³-hybridized carbons (Fsp3) is 0.900. The maximum absolute atomic E-state index is 11.0. The molecule has 1 aliphatic heterocycles. The summed E-state index contributed by atoms with van der Waals surface area (Å²) in [5.74, 6) is -0.384. The molecule has 0 aliphatic carbocycles. The van der Waals surface area contributed by atoms with Crippen molar-refractivity contribution in [3.8, 4) is 0 Å². The first kappa shape index (κ1) is 12.4. The zero-order chi connectivity index (χ0) is 11.1. The van der Waals surface area contributed by atoms with Crippen molar-refractivity contribution in [3.63, 3.8) is 0 Å². The Balaban J connectivity index is 2.07. The van der Waals surface area contributed by atoms with Crippen LogP contribution in [0.3, 0.4) is 0 Å². The van der Waals surface area contributed by atoms with Crippen LogP contribution in [0.15, 0.2) is 0 Å². The average Bonchev–Trinajstić information content (AvgIpc) is 2.29. The fourth-order valence-electron chi connectivity index (χ4n) is 1.47. The summed E-state index contributed by atoms with van der Waals surface area (Å²) in [5.41, 5.74) is 5.56. The Morgan fingerprint density at radius 1 is 1.53 bits per heavy atom. The van der Waals surface area contributed by atoms with E-state index in [-0.39, 0.29) is 12.1 Å². The van der Waals surface area contributed by atoms with Crippen molar-refractivity contribution in [3.05, 3.63) is 0 Å². The topological polar surface area (TPSA) is 70.8 Å². The molecule has 0 spiro atoms. The third-order valence-electron chi connectivity index (χ3n) is 2.45. The van der Waals surface area contributed by atoms with Crippen LogP contribution in [0.2, 0.25) is 0 Å². The fourth-order valence-corrected chi connectivity index (χ4v) is 1.47. The van der Waals surface area contributed by atoms with Gasteiger partial charge in [0.2, 0.25) is 0 Å². The summed E-state index contributed by atoms with van der Waals surface area (Å²) >= 11 is 0. The Hall–Kier alpha value is -0.650. The van der Waals surface area contributed by atoms with Gasteiger partial charge in [-0.05, 0) is 19.3 Å². The van der Waals surface area contributed by atoms with Gasteiger partial charge in [-0.25, -0.2) is 0 Å². The molecule has 5 heteroatoms. The average molecular weight is 217 g/mol. The third-order valence-corrected chi connectivity index (χ3v) is 2.45. The van der Waals surface area contributed by atoms with Gasteiger partial charge in [-0.1, -0.05) is 0 Å². The van der Waals surface area contributed by atoms with Gasteiger partial charge in [-0.15, -0.1) is 0 Å². The summed E-state index contributed by atoms with van der Waals surface area (Å²) in [6.07, 6.45) is 2.61. The molecule has 15 heavy (non-hydrogen) atoms. The van der Waals surface area contributed by atoms with Crippen molar-refractivity contribution in [2.45, 2.75) is 31.4 Å². The molecule has 0 aromatic carbocycles. The lowest BCUT2D eigenvalue weighted by Gasteiger charge is -2.22. The molecule has 1 heterocycles. The Kier molecular flexibility index (Phi) is 5.60. The second-order valence-corrected chi connectivity index (χ2v) is 3.60. The summed E-state index contributed by atoms with van der Waals surface area (Å²) < 4.78 is 15.3. The minimum atomic E-state index is -0.574. The number of hydrogen-bond acceptors (Lipinski definition) is 5. The van der Waals surface area contributed by atoms with Gasteiger partial charge in [0, 0.05) is 19.8 Å². The van der Waals surface area contributed by atoms with Crippen LogP contribution in [-0.2, 0) is 19.0 Å². The van der Waals surface area contributed by atoms with E-state index in [1.54, 1.807) is 0 Å². The molecule has 0 radical (unpaired) electrons. The first-order valence-electron chi connectivity index (χ1n) is 5.26. The highest BCUT2D eigenvalue weighted by atomic mass is 16.5. The highest BCUT2D eigenvalue weighted by Gasteiger charge is 2.17. The molecule has 1 fully saturated rings. The maximum atomic E-state index is 11.0. The van der Waals surface area contributed by atoms with Gasteiger partial charge < -0.3 is 19.9 Å². The van der Waals surface area contributed by atoms with Crippen LogP contribution in [0.1, 0.15) is 19.3 Å². The molecule has 1 unspecified atom stereocenters. The molecule has 0 saturated carbocycles. The summed E-state index contributed by atoms with van der Waals surface area (Å²) in [5, 5.41) is 0. The summed E-state index contributed by atoms with van der Waals surface area (Å²) in [4.78, 5) is 11.0. The van der Waals surface area contributed by atoms with Crippen molar-refractivity contribution < 1.29 is 19.0 Å². The van der Waals surface area contributed by atoms with Gasteiger partial charge >= 0.3 is 5.97 Å². The summed E-state index contributed by atoms with van der Waals surface area (Å²) in [7, 11) is 1.33. The van der Waals surface area contributed by atoms with Crippen LogP contribution in [0.5, 0.6) is 0 Å². The van der Waals surface area contributed by atoms with E-state index < -0.39 is 6.04 Å². The van der Waals surface area contributed by atoms with E-state index in [2.05, 4.69) is 4.74 Å². The molecule has 0 aromatic rings. The third kappa shape index (κ3) is 4.59. The molecule has 0 amide bonds. The van der Waals surface area contributed by atoms with E-state index in [4.69, 9.17) is 15.2 Å². The lowest BCUT2D eigenvalue weighted by atomic mass is 10.1. The highest BCUT2D eigenvalue weighted by molar-refractivity contribution is 5.75. The zero-order valence-corrected chi connectivity index (χ0v) is 9.11. The van der Waals surface area contributed by atoms with Gasteiger partial charge in [0.1, 0.15) is 6.04 Å². The molecule has 5 nitrogen and oxygen atoms in total. The lowest BCUT2D eigenvalue weighted by molar-refractivity contribution is -0.142. The van der Waals surface area contributed by atoms with E-state index >= 15 is 0 Å². The van der Waals surface area contributed by atoms with Crippen LogP contribution in [0, 0.1) is 0 Å². The Labute approximate surface area is 89.9 Å². The second-order valence-electron chi connectivity index (χ2n) is 3.60. The quantitative estimate of drug-likeness (QED) is 0.660. The number of nitrogens with two attached hydrogens (primary N) is 1. The number of esters is 1. The molecule has 1 atom stereocenters. The van der Waals surface area contributed by atoms with Gasteiger partial charge in [0.25, 0.3) is 0 Å². The summed E-state index contributed by atoms with van der Waals surface area (Å²) in [6, 6.07) is -0.574. The first-order chi connectivity index (χ1) is 7.24. The minimum Gasteiger partial charge on any atom is -0.468 e. The number of rotatable bonds is 5. The molecule has 1 aliphatic rings. The Morgan fingerprint density at radius 3 is 2.80 bits per heavy atom. The van der Waals surface area contributed by atoms with Gasteiger partial charge in [0.15, 0.2) is 0 Å². The van der Waals surface area contributed by atoms with Crippen LogP contribution in [-0.4, -0.2) is 45.0 Å². The van der Waals surface area contributed by atoms with Crippen molar-refractivity contribution in [1.82, 2.24) is 0 Å². The molecule has 1 rings (SSSR count). The number of carbonyl (C=O) groups is 1. The molecule has 1 saturated heterocycles. The van der Waals surface area contributed by atoms with Crippen LogP contribution in [0.4, 0.5) is 0 Å². The second kappa shape index (κ2) is 6.76. The Bertz CT molecular complexity index is 192. The van der Waals surface area contributed by atoms with Crippen molar-refractivity contribution >= 4 is 5.97 Å². The zero-order valence-electron chi connectivity index (χ0n) is 9.11. The normalized spacial score (nSPS) is 19.9. The van der Waals surface area contributed by atoms with Gasteiger partial charge in [-0.3, -0.25) is 4.79 Å². The molecular formula is C10H19NO4. The maximum Gasteiger partial charge on any atom is 0.322 e. The number of ether oxygens (including phenoxy) is 3. The van der Waals surface area contributed by atoms with E-state index in [1.807, 2.05) is 0 Å². The van der Waals surface area contributed by atoms with E-state index in [1.165, 1.54) is 7.11 Å². The largest absolute Gasteiger partial charge is 0.468 e. The smallest absolute Gasteiger partial charge is 0.322 e. The molecule has 2 N–H and O–H groups in total. The monoisotopic (exact) mass is 217 g/mol. The van der Waals surface area contributed by atoms with E-state index in [0.717, 1.165) is 26.1 Å².